The number of aliphatic hydroxyl groups excluding tert-OH is 1. The number of rotatable bonds is 5. The number of benzene rings is 2. The molecule has 0 amide bonds. The van der Waals surface area contributed by atoms with Gasteiger partial charge in [0.15, 0.2) is 0 Å². The van der Waals surface area contributed by atoms with E-state index in [-0.39, 0.29) is 6.10 Å². The van der Waals surface area contributed by atoms with E-state index in [0.717, 1.165) is 10.5 Å². The average molecular weight is 364 g/mol. The molecule has 1 fully saturated rings. The lowest BCUT2D eigenvalue weighted by Crippen LogP contribution is -2.50. The lowest BCUT2D eigenvalue weighted by molar-refractivity contribution is 0.0533. The fraction of sp³-hybridized carbons (Fsp3) is 0.368. The van der Waals surface area contributed by atoms with Crippen molar-refractivity contribution in [3.8, 4) is 0 Å². The minimum absolute atomic E-state index is 0.266. The van der Waals surface area contributed by atoms with E-state index < -0.39 is 15.8 Å². The summed E-state index contributed by atoms with van der Waals surface area (Å²) in [6.45, 7) is 1.40. The van der Waals surface area contributed by atoms with E-state index in [1.807, 2.05) is 60.7 Å². The highest BCUT2D eigenvalue weighted by Gasteiger charge is 2.40. The maximum Gasteiger partial charge on any atom is 0.134 e. The van der Waals surface area contributed by atoms with Crippen LogP contribution in [0.1, 0.15) is 18.4 Å². The van der Waals surface area contributed by atoms with Crippen molar-refractivity contribution in [2.24, 2.45) is 0 Å². The van der Waals surface area contributed by atoms with Crippen LogP contribution in [0.3, 0.4) is 0 Å². The molecule has 0 aliphatic carbocycles. The molecule has 2 aromatic carbocycles. The van der Waals surface area contributed by atoms with E-state index >= 15 is 0 Å². The molecule has 0 radical (unpaired) electrons. The van der Waals surface area contributed by atoms with Crippen molar-refractivity contribution >= 4 is 22.4 Å². The Morgan fingerprint density at radius 2 is 1.58 bits per heavy atom. The van der Waals surface area contributed by atoms with E-state index in [1.54, 1.807) is 0 Å². The Labute approximate surface area is 150 Å². The molecule has 128 valence electrons. The minimum atomic E-state index is -1.20. The Morgan fingerprint density at radius 1 is 1.04 bits per heavy atom. The standard InChI is InChI=1S/C19H22ClNO2S/c20-19(16-7-3-1-4-8-16,21-13-11-17(22)12-14-21)15-24(23)18-9-5-2-6-10-18/h1-10,17,22H,11-15H2. The van der Waals surface area contributed by atoms with Gasteiger partial charge in [-0.3, -0.25) is 9.11 Å². The number of nitrogens with zero attached hydrogens (tertiary/aromatic N) is 1. The van der Waals surface area contributed by atoms with E-state index in [2.05, 4.69) is 4.90 Å². The van der Waals surface area contributed by atoms with Crippen LogP contribution >= 0.6 is 11.6 Å². The largest absolute Gasteiger partial charge is 0.393 e. The van der Waals surface area contributed by atoms with Gasteiger partial charge in [0.25, 0.3) is 0 Å². The first-order valence-electron chi connectivity index (χ1n) is 8.20. The third kappa shape index (κ3) is 3.89. The van der Waals surface area contributed by atoms with Gasteiger partial charge in [-0.15, -0.1) is 0 Å². The molecular formula is C19H22ClNO2S. The second-order valence-corrected chi connectivity index (χ2v) is 8.22. The van der Waals surface area contributed by atoms with Crippen molar-refractivity contribution in [2.75, 3.05) is 18.8 Å². The summed E-state index contributed by atoms with van der Waals surface area (Å²) >= 11 is 7.09. The summed E-state index contributed by atoms with van der Waals surface area (Å²) in [6.07, 6.45) is 1.12. The summed E-state index contributed by atoms with van der Waals surface area (Å²) < 4.78 is 12.9. The highest BCUT2D eigenvalue weighted by molar-refractivity contribution is 7.85. The maximum atomic E-state index is 12.9. The lowest BCUT2D eigenvalue weighted by Gasteiger charge is -2.42. The van der Waals surface area contributed by atoms with Gasteiger partial charge in [0.2, 0.25) is 0 Å². The van der Waals surface area contributed by atoms with Crippen LogP contribution in [-0.2, 0) is 15.8 Å². The van der Waals surface area contributed by atoms with Crippen molar-refractivity contribution in [3.63, 3.8) is 0 Å². The molecule has 2 atom stereocenters. The number of alkyl halides is 1. The molecule has 1 aliphatic heterocycles. The summed E-state index contributed by atoms with van der Waals surface area (Å²) in [5, 5.41) is 9.79. The average Bonchev–Trinajstić information content (AvgIpc) is 2.63. The molecule has 0 bridgehead atoms. The Hall–Kier alpha value is -1.20. The maximum absolute atomic E-state index is 12.9. The topological polar surface area (TPSA) is 40.5 Å². The highest BCUT2D eigenvalue weighted by atomic mass is 35.5. The quantitative estimate of drug-likeness (QED) is 0.654. The normalized spacial score (nSPS) is 20.4. The van der Waals surface area contributed by atoms with E-state index in [0.29, 0.717) is 31.7 Å². The second-order valence-electron chi connectivity index (χ2n) is 6.15. The first-order valence-corrected chi connectivity index (χ1v) is 9.90. The van der Waals surface area contributed by atoms with Crippen LogP contribution in [-0.4, -0.2) is 39.2 Å². The van der Waals surface area contributed by atoms with Crippen LogP contribution in [0.5, 0.6) is 0 Å². The summed E-state index contributed by atoms with van der Waals surface area (Å²) in [5.74, 6) is 0.318. The molecule has 2 unspecified atom stereocenters. The van der Waals surface area contributed by atoms with Gasteiger partial charge in [0.05, 0.1) is 22.7 Å². The fourth-order valence-corrected chi connectivity index (χ4v) is 5.02. The van der Waals surface area contributed by atoms with E-state index in [9.17, 15) is 9.32 Å². The Bertz CT molecular complexity index is 674. The predicted octanol–water partition coefficient (Wildman–Crippen LogP) is 3.34. The number of hydrogen-bond donors (Lipinski definition) is 1. The van der Waals surface area contributed by atoms with E-state index in [1.165, 1.54) is 0 Å². The van der Waals surface area contributed by atoms with Crippen molar-refractivity contribution in [3.05, 3.63) is 66.2 Å². The third-order valence-corrected chi connectivity index (χ3v) is 6.74. The van der Waals surface area contributed by atoms with Crippen LogP contribution in [0.15, 0.2) is 65.6 Å². The van der Waals surface area contributed by atoms with Crippen LogP contribution in [0.2, 0.25) is 0 Å². The second kappa shape index (κ2) is 7.79. The molecule has 24 heavy (non-hydrogen) atoms. The molecule has 0 saturated carbocycles. The fourth-order valence-electron chi connectivity index (χ4n) is 3.10. The number of likely N-dealkylation sites (tertiary alicyclic amines) is 1. The van der Waals surface area contributed by atoms with Crippen molar-refractivity contribution in [1.82, 2.24) is 4.90 Å². The highest BCUT2D eigenvalue weighted by Crippen LogP contribution is 2.37. The number of piperidine rings is 1. The molecule has 3 rings (SSSR count). The summed E-state index contributed by atoms with van der Waals surface area (Å²) in [5.41, 5.74) is 0.951. The number of aliphatic hydroxyl groups is 1. The third-order valence-electron chi connectivity index (χ3n) is 4.51. The SMILES string of the molecule is O=S(CC(Cl)(c1ccccc1)N1CCC(O)CC1)c1ccccc1. The Balaban J connectivity index is 1.89. The zero-order valence-corrected chi connectivity index (χ0v) is 15.0. The monoisotopic (exact) mass is 363 g/mol. The van der Waals surface area contributed by atoms with Gasteiger partial charge in [0.1, 0.15) is 5.00 Å². The summed E-state index contributed by atoms with van der Waals surface area (Å²) in [4.78, 5) is 2.11. The lowest BCUT2D eigenvalue weighted by atomic mass is 10.0. The van der Waals surface area contributed by atoms with Gasteiger partial charge >= 0.3 is 0 Å². The van der Waals surface area contributed by atoms with Crippen LogP contribution < -0.4 is 0 Å². The Kier molecular flexibility index (Phi) is 5.72. The van der Waals surface area contributed by atoms with Gasteiger partial charge in [-0.1, -0.05) is 60.1 Å². The predicted molar refractivity (Wildman–Crippen MR) is 98.5 cm³/mol. The first-order chi connectivity index (χ1) is 11.6. The molecule has 1 aliphatic rings. The molecular weight excluding hydrogens is 342 g/mol. The zero-order chi connectivity index (χ0) is 17.0. The number of halogens is 1. The van der Waals surface area contributed by atoms with Gasteiger partial charge in [-0.05, 0) is 30.5 Å². The van der Waals surface area contributed by atoms with Crippen molar-refractivity contribution in [2.45, 2.75) is 28.8 Å². The molecule has 1 N–H and O–H groups in total. The van der Waals surface area contributed by atoms with Crippen molar-refractivity contribution < 1.29 is 9.32 Å². The minimum Gasteiger partial charge on any atom is -0.393 e. The molecule has 1 heterocycles. The van der Waals surface area contributed by atoms with Crippen LogP contribution in [0.25, 0.3) is 0 Å². The summed E-state index contributed by atoms with van der Waals surface area (Å²) in [7, 11) is -1.20. The van der Waals surface area contributed by atoms with Crippen LogP contribution in [0.4, 0.5) is 0 Å². The molecule has 0 aromatic heterocycles. The van der Waals surface area contributed by atoms with Crippen LogP contribution in [0, 0.1) is 0 Å². The zero-order valence-electron chi connectivity index (χ0n) is 13.5. The molecule has 3 nitrogen and oxygen atoms in total. The molecule has 5 heteroatoms. The van der Waals surface area contributed by atoms with Gasteiger partial charge in [0, 0.05) is 18.0 Å². The van der Waals surface area contributed by atoms with Crippen molar-refractivity contribution in [1.29, 1.82) is 0 Å². The smallest absolute Gasteiger partial charge is 0.134 e. The number of hydrogen-bond acceptors (Lipinski definition) is 3. The summed E-state index contributed by atoms with van der Waals surface area (Å²) in [6, 6.07) is 19.3. The Morgan fingerprint density at radius 3 is 2.17 bits per heavy atom. The van der Waals surface area contributed by atoms with E-state index in [4.69, 9.17) is 11.6 Å². The van der Waals surface area contributed by atoms with Gasteiger partial charge < -0.3 is 5.11 Å². The molecule has 0 spiro atoms. The van der Waals surface area contributed by atoms with Gasteiger partial charge in [-0.25, -0.2) is 0 Å². The molecule has 2 aromatic rings. The first kappa shape index (κ1) is 17.6. The van der Waals surface area contributed by atoms with Gasteiger partial charge in [-0.2, -0.15) is 0 Å². The molecule has 1 saturated heterocycles.